The lowest BCUT2D eigenvalue weighted by Crippen LogP contribution is -2.27. The van der Waals surface area contributed by atoms with Crippen molar-refractivity contribution in [1.29, 1.82) is 0 Å². The zero-order valence-corrected chi connectivity index (χ0v) is 14.0. The van der Waals surface area contributed by atoms with Gasteiger partial charge in [0.2, 0.25) is 0 Å². The Morgan fingerprint density at radius 1 is 1.43 bits per heavy atom. The molecule has 0 unspecified atom stereocenters. The van der Waals surface area contributed by atoms with Crippen molar-refractivity contribution < 1.29 is 4.79 Å². The van der Waals surface area contributed by atoms with E-state index in [4.69, 9.17) is 0 Å². The first-order valence-electron chi connectivity index (χ1n) is 7.19. The van der Waals surface area contributed by atoms with Crippen molar-refractivity contribution >= 4 is 21.8 Å². The van der Waals surface area contributed by atoms with Crippen molar-refractivity contribution in [2.75, 3.05) is 6.54 Å². The largest absolute Gasteiger partial charge is 0.351 e. The molecule has 0 bridgehead atoms. The van der Waals surface area contributed by atoms with Crippen LogP contribution in [0, 0.1) is 0 Å². The van der Waals surface area contributed by atoms with Gasteiger partial charge in [0.25, 0.3) is 5.91 Å². The molecule has 0 atom stereocenters. The molecule has 0 aliphatic carbocycles. The Labute approximate surface area is 133 Å². The molecule has 0 saturated heterocycles. The van der Waals surface area contributed by atoms with Crippen LogP contribution in [0.4, 0.5) is 0 Å². The number of carbonyl (C=O) groups is 1. The van der Waals surface area contributed by atoms with Crippen molar-refractivity contribution in [3.63, 3.8) is 0 Å². The smallest absolute Gasteiger partial charge is 0.267 e. The van der Waals surface area contributed by atoms with Gasteiger partial charge in [-0.1, -0.05) is 0 Å². The lowest BCUT2D eigenvalue weighted by molar-refractivity contribution is 0.0942. The summed E-state index contributed by atoms with van der Waals surface area (Å²) in [4.78, 5) is 16.2. The van der Waals surface area contributed by atoms with Gasteiger partial charge in [0.15, 0.2) is 0 Å². The molecule has 21 heavy (non-hydrogen) atoms. The minimum absolute atomic E-state index is 0.0166. The zero-order valence-electron chi connectivity index (χ0n) is 12.4. The average Bonchev–Trinajstić information content (AvgIpc) is 3.07. The number of hydrogen-bond acceptors (Lipinski definition) is 2. The van der Waals surface area contributed by atoms with Crippen LogP contribution in [0.25, 0.3) is 0 Å². The summed E-state index contributed by atoms with van der Waals surface area (Å²) in [6, 6.07) is 2.12. The number of rotatable bonds is 7. The molecular weight excluding hydrogens is 332 g/mol. The highest BCUT2D eigenvalue weighted by Crippen LogP contribution is 2.19. The molecule has 114 valence electrons. The molecule has 6 heteroatoms. The first kappa shape index (κ1) is 15.8. The van der Waals surface area contributed by atoms with Crippen LogP contribution >= 0.6 is 15.9 Å². The third-order valence-electron chi connectivity index (χ3n) is 3.29. The summed E-state index contributed by atoms with van der Waals surface area (Å²) < 4.78 is 4.95. The zero-order chi connectivity index (χ0) is 15.2. The van der Waals surface area contributed by atoms with Crippen molar-refractivity contribution in [2.24, 2.45) is 0 Å². The topological polar surface area (TPSA) is 51.9 Å². The van der Waals surface area contributed by atoms with Crippen LogP contribution in [0.5, 0.6) is 0 Å². The molecule has 0 saturated carbocycles. The molecule has 1 amide bonds. The molecule has 0 radical (unpaired) electrons. The number of amides is 1. The first-order valence-corrected chi connectivity index (χ1v) is 7.98. The van der Waals surface area contributed by atoms with E-state index in [1.165, 1.54) is 0 Å². The monoisotopic (exact) mass is 352 g/mol. The Balaban J connectivity index is 1.77. The van der Waals surface area contributed by atoms with E-state index in [-0.39, 0.29) is 11.9 Å². The summed E-state index contributed by atoms with van der Waals surface area (Å²) in [5, 5.41) is 2.98. The Morgan fingerprint density at radius 3 is 2.90 bits per heavy atom. The SMILES string of the molecule is CC(C)n1cc(Br)cc1C(=O)NCCCCn1ccnc1. The summed E-state index contributed by atoms with van der Waals surface area (Å²) >= 11 is 3.43. The van der Waals surface area contributed by atoms with Crippen molar-refractivity contribution in [3.8, 4) is 0 Å². The van der Waals surface area contributed by atoms with E-state index in [2.05, 4.69) is 40.1 Å². The molecule has 0 aliphatic heterocycles. The lowest BCUT2D eigenvalue weighted by atomic mass is 10.3. The van der Waals surface area contributed by atoms with E-state index in [9.17, 15) is 4.79 Å². The predicted octanol–water partition coefficient (Wildman–Crippen LogP) is 3.24. The highest BCUT2D eigenvalue weighted by molar-refractivity contribution is 9.10. The van der Waals surface area contributed by atoms with Crippen molar-refractivity contribution in [3.05, 3.63) is 41.2 Å². The van der Waals surface area contributed by atoms with E-state index in [1.54, 1.807) is 6.20 Å². The van der Waals surface area contributed by atoms with Crippen LogP contribution in [0.15, 0.2) is 35.5 Å². The molecule has 1 N–H and O–H groups in total. The van der Waals surface area contributed by atoms with E-state index in [0.29, 0.717) is 12.2 Å². The Bertz CT molecular complexity index is 575. The molecule has 5 nitrogen and oxygen atoms in total. The first-order chi connectivity index (χ1) is 10.1. The normalized spacial score (nSPS) is 11.0. The maximum Gasteiger partial charge on any atom is 0.267 e. The third-order valence-corrected chi connectivity index (χ3v) is 3.73. The van der Waals surface area contributed by atoms with Gasteiger partial charge in [-0.3, -0.25) is 4.79 Å². The molecule has 2 aromatic heterocycles. The standard InChI is InChI=1S/C15H21BrN4O/c1-12(2)20-10-13(16)9-14(20)15(21)18-5-3-4-7-19-8-6-17-11-19/h6,8-12H,3-5,7H2,1-2H3,(H,18,21). The average molecular weight is 353 g/mol. The second-order valence-electron chi connectivity index (χ2n) is 5.31. The predicted molar refractivity (Wildman–Crippen MR) is 86.3 cm³/mol. The fourth-order valence-electron chi connectivity index (χ4n) is 2.19. The second-order valence-corrected chi connectivity index (χ2v) is 6.22. The minimum atomic E-state index is -0.0166. The lowest BCUT2D eigenvalue weighted by Gasteiger charge is -2.12. The van der Waals surface area contributed by atoms with Crippen LogP contribution in [-0.4, -0.2) is 26.6 Å². The second kappa shape index (κ2) is 7.45. The van der Waals surface area contributed by atoms with Crippen LogP contribution in [0.3, 0.4) is 0 Å². The van der Waals surface area contributed by atoms with Gasteiger partial charge in [-0.2, -0.15) is 0 Å². The van der Waals surface area contributed by atoms with Gasteiger partial charge in [-0.05, 0) is 48.7 Å². The van der Waals surface area contributed by atoms with E-state index in [0.717, 1.165) is 23.9 Å². The van der Waals surface area contributed by atoms with Crippen LogP contribution in [0.1, 0.15) is 43.2 Å². The van der Waals surface area contributed by atoms with Crippen molar-refractivity contribution in [2.45, 2.75) is 39.3 Å². The van der Waals surface area contributed by atoms with E-state index in [1.807, 2.05) is 33.9 Å². The Hall–Kier alpha value is -1.56. The van der Waals surface area contributed by atoms with Crippen LogP contribution in [0.2, 0.25) is 0 Å². The number of aryl methyl sites for hydroxylation is 1. The maximum absolute atomic E-state index is 12.2. The number of hydrogen-bond donors (Lipinski definition) is 1. The number of unbranched alkanes of at least 4 members (excludes halogenated alkanes) is 1. The molecule has 0 fully saturated rings. The Kier molecular flexibility index (Phi) is 5.61. The maximum atomic E-state index is 12.2. The van der Waals surface area contributed by atoms with Gasteiger partial charge in [0.05, 0.1) is 6.33 Å². The van der Waals surface area contributed by atoms with Gasteiger partial charge in [-0.25, -0.2) is 4.98 Å². The summed E-state index contributed by atoms with van der Waals surface area (Å²) in [5.41, 5.74) is 0.700. The number of imidazole rings is 1. The van der Waals surface area contributed by atoms with Crippen LogP contribution < -0.4 is 5.32 Å². The van der Waals surface area contributed by atoms with Gasteiger partial charge in [-0.15, -0.1) is 0 Å². The third kappa shape index (κ3) is 4.46. The molecule has 2 rings (SSSR count). The summed E-state index contributed by atoms with van der Waals surface area (Å²) in [7, 11) is 0. The summed E-state index contributed by atoms with van der Waals surface area (Å²) in [6.07, 6.45) is 9.45. The van der Waals surface area contributed by atoms with Crippen molar-refractivity contribution in [1.82, 2.24) is 19.4 Å². The van der Waals surface area contributed by atoms with Gasteiger partial charge in [0.1, 0.15) is 5.69 Å². The van der Waals surface area contributed by atoms with Gasteiger partial charge in [0, 0.05) is 42.2 Å². The summed E-state index contributed by atoms with van der Waals surface area (Å²) in [5.74, 6) is -0.0166. The molecule has 0 aliphatic rings. The van der Waals surface area contributed by atoms with E-state index >= 15 is 0 Å². The number of halogens is 1. The van der Waals surface area contributed by atoms with Gasteiger partial charge >= 0.3 is 0 Å². The van der Waals surface area contributed by atoms with E-state index < -0.39 is 0 Å². The quantitative estimate of drug-likeness (QED) is 0.777. The number of aromatic nitrogens is 3. The molecule has 2 aromatic rings. The molecular formula is C15H21BrN4O. The highest BCUT2D eigenvalue weighted by Gasteiger charge is 2.14. The van der Waals surface area contributed by atoms with Gasteiger partial charge < -0.3 is 14.5 Å². The molecule has 2 heterocycles. The fraction of sp³-hybridized carbons (Fsp3) is 0.467. The fourth-order valence-corrected chi connectivity index (χ4v) is 2.62. The molecule has 0 aromatic carbocycles. The number of nitrogens with one attached hydrogen (secondary N) is 1. The Morgan fingerprint density at radius 2 is 2.24 bits per heavy atom. The number of nitrogens with zero attached hydrogens (tertiary/aromatic N) is 3. The summed E-state index contributed by atoms with van der Waals surface area (Å²) in [6.45, 7) is 5.75. The van der Waals surface area contributed by atoms with Crippen LogP contribution in [-0.2, 0) is 6.54 Å². The highest BCUT2D eigenvalue weighted by atomic mass is 79.9. The number of carbonyl (C=O) groups excluding carboxylic acids is 1. The minimum Gasteiger partial charge on any atom is -0.351 e. The molecule has 0 spiro atoms.